The molecule has 1 amide bonds. The Balaban J connectivity index is 0. The van der Waals surface area contributed by atoms with Crippen molar-refractivity contribution >= 4 is 24.2 Å². The molecule has 0 unspecified atom stereocenters. The maximum Gasteiger partial charge on any atom is 0.491 e. The van der Waals surface area contributed by atoms with E-state index in [4.69, 9.17) is 4.65 Å². The van der Waals surface area contributed by atoms with Crippen molar-refractivity contribution in [3.8, 4) is 0 Å². The average Bonchev–Trinajstić information content (AvgIpc) is 2.70. The third-order valence-electron chi connectivity index (χ3n) is 3.10. The van der Waals surface area contributed by atoms with E-state index in [0.29, 0.717) is 23.3 Å². The van der Waals surface area contributed by atoms with Crippen LogP contribution in [0.3, 0.4) is 0 Å². The van der Waals surface area contributed by atoms with E-state index < -0.39 is 7.12 Å². The maximum absolute atomic E-state index is 12.0. The summed E-state index contributed by atoms with van der Waals surface area (Å²) in [5, 5.41) is 12.5. The zero-order valence-corrected chi connectivity index (χ0v) is 17.4. The molecule has 0 aliphatic carbocycles. The van der Waals surface area contributed by atoms with Crippen molar-refractivity contribution in [3.05, 3.63) is 73.4 Å². The third-order valence-corrected chi connectivity index (χ3v) is 3.10. The Morgan fingerprint density at radius 1 is 1.22 bits per heavy atom. The fourth-order valence-corrected chi connectivity index (χ4v) is 2.07. The predicted molar refractivity (Wildman–Crippen MR) is 119 cm³/mol. The number of hydrogen-bond acceptors (Lipinski definition) is 3. The molecule has 0 saturated heterocycles. The Labute approximate surface area is 165 Å². The molecular formula is C22H34BNO3. The lowest BCUT2D eigenvalue weighted by atomic mass is 9.73. The van der Waals surface area contributed by atoms with Crippen LogP contribution in [0.25, 0.3) is 0 Å². The van der Waals surface area contributed by atoms with E-state index in [9.17, 15) is 9.82 Å². The van der Waals surface area contributed by atoms with Crippen LogP contribution in [0.4, 0.5) is 5.69 Å². The highest BCUT2D eigenvalue weighted by Crippen LogP contribution is 2.13. The van der Waals surface area contributed by atoms with Gasteiger partial charge in [0.2, 0.25) is 0 Å². The SMILES string of the molecule is C=C/C=C(\C=C)C(=O)Nc1ccc2c(c1)B(O)OCC2.C=CC.CC.CC. The molecule has 5 heteroatoms. The number of benzene rings is 1. The first-order valence-electron chi connectivity index (χ1n) is 9.33. The van der Waals surface area contributed by atoms with Gasteiger partial charge in [0.25, 0.3) is 5.91 Å². The standard InChI is InChI=1S/C15H16BNO3.C3H6.2C2H6/c1-3-5-11(4-2)15(18)17-13-7-6-12-8-9-20-16(19)14(12)10-13;1-3-2;2*1-2/h3-7,10,19H,1-2,8-9H2,(H,17,18);3H,1H2,2H3;2*1-2H3/b11-5+;;;. The minimum Gasteiger partial charge on any atom is -0.423 e. The van der Waals surface area contributed by atoms with Gasteiger partial charge in [0.1, 0.15) is 0 Å². The molecule has 0 saturated carbocycles. The van der Waals surface area contributed by atoms with Crippen LogP contribution in [-0.2, 0) is 15.9 Å². The van der Waals surface area contributed by atoms with E-state index >= 15 is 0 Å². The molecule has 2 rings (SSSR count). The Morgan fingerprint density at radius 2 is 1.81 bits per heavy atom. The highest BCUT2D eigenvalue weighted by molar-refractivity contribution is 6.61. The molecule has 0 atom stereocenters. The number of anilines is 1. The molecule has 1 aromatic rings. The summed E-state index contributed by atoms with van der Waals surface area (Å²) in [6, 6.07) is 5.43. The molecule has 27 heavy (non-hydrogen) atoms. The van der Waals surface area contributed by atoms with Gasteiger partial charge in [-0.05, 0) is 36.5 Å². The van der Waals surface area contributed by atoms with Gasteiger partial charge in [-0.3, -0.25) is 4.79 Å². The van der Waals surface area contributed by atoms with Crippen LogP contribution < -0.4 is 10.8 Å². The summed E-state index contributed by atoms with van der Waals surface area (Å²) in [6.07, 6.45) is 7.09. The lowest BCUT2D eigenvalue weighted by Crippen LogP contribution is -2.41. The summed E-state index contributed by atoms with van der Waals surface area (Å²) in [5.41, 5.74) is 2.76. The number of fused-ring (bicyclic) bond motifs is 1. The van der Waals surface area contributed by atoms with Crippen LogP contribution in [0.15, 0.2) is 67.8 Å². The molecule has 4 nitrogen and oxygen atoms in total. The second kappa shape index (κ2) is 17.1. The monoisotopic (exact) mass is 371 g/mol. The van der Waals surface area contributed by atoms with E-state index in [1.807, 2.05) is 46.8 Å². The number of nitrogens with one attached hydrogen (secondary N) is 1. The summed E-state index contributed by atoms with van der Waals surface area (Å²) in [7, 11) is -0.932. The van der Waals surface area contributed by atoms with Crippen molar-refractivity contribution < 1.29 is 14.5 Å². The molecule has 2 N–H and O–H groups in total. The highest BCUT2D eigenvalue weighted by Gasteiger charge is 2.25. The Morgan fingerprint density at radius 3 is 2.33 bits per heavy atom. The second-order valence-electron chi connectivity index (χ2n) is 4.81. The molecule has 0 aromatic heterocycles. The van der Waals surface area contributed by atoms with Crippen molar-refractivity contribution in [1.82, 2.24) is 0 Å². The average molecular weight is 371 g/mol. The lowest BCUT2D eigenvalue weighted by molar-refractivity contribution is -0.112. The molecule has 1 aliphatic heterocycles. The predicted octanol–water partition coefficient (Wildman–Crippen LogP) is 4.43. The van der Waals surface area contributed by atoms with Gasteiger partial charge in [-0.1, -0.05) is 71.2 Å². The van der Waals surface area contributed by atoms with Crippen LogP contribution >= 0.6 is 0 Å². The summed E-state index contributed by atoms with van der Waals surface area (Å²) in [4.78, 5) is 12.0. The van der Waals surface area contributed by atoms with Gasteiger partial charge in [0, 0.05) is 17.9 Å². The number of rotatable bonds is 4. The normalized spacial score (nSPS) is 11.6. The molecule has 0 spiro atoms. The number of carbonyl (C=O) groups is 1. The highest BCUT2D eigenvalue weighted by atomic mass is 16.5. The van der Waals surface area contributed by atoms with Crippen LogP contribution in [0.1, 0.15) is 40.2 Å². The fourth-order valence-electron chi connectivity index (χ4n) is 2.07. The van der Waals surface area contributed by atoms with Crippen molar-refractivity contribution in [3.63, 3.8) is 0 Å². The van der Waals surface area contributed by atoms with Gasteiger partial charge >= 0.3 is 7.12 Å². The first-order valence-corrected chi connectivity index (χ1v) is 9.33. The molecule has 1 heterocycles. The van der Waals surface area contributed by atoms with Crippen LogP contribution in [0.2, 0.25) is 0 Å². The minimum absolute atomic E-state index is 0.272. The molecule has 0 bridgehead atoms. The van der Waals surface area contributed by atoms with E-state index in [1.54, 1.807) is 18.2 Å². The van der Waals surface area contributed by atoms with Gasteiger partial charge in [-0.2, -0.15) is 0 Å². The number of amides is 1. The Bertz CT molecular complexity index is 624. The molecule has 0 radical (unpaired) electrons. The first-order chi connectivity index (χ1) is 13.1. The zero-order chi connectivity index (χ0) is 21.2. The summed E-state index contributed by atoms with van der Waals surface area (Å²) < 4.78 is 5.17. The second-order valence-corrected chi connectivity index (χ2v) is 4.81. The van der Waals surface area contributed by atoms with Gasteiger partial charge in [-0.15, -0.1) is 6.58 Å². The van der Waals surface area contributed by atoms with E-state index in [2.05, 4.69) is 25.1 Å². The zero-order valence-electron chi connectivity index (χ0n) is 17.4. The van der Waals surface area contributed by atoms with Gasteiger partial charge in [-0.25, -0.2) is 0 Å². The van der Waals surface area contributed by atoms with Crippen molar-refractivity contribution in [2.75, 3.05) is 11.9 Å². The van der Waals surface area contributed by atoms with E-state index in [-0.39, 0.29) is 5.91 Å². The Kier molecular flexibility index (Phi) is 17.0. The quantitative estimate of drug-likeness (QED) is 0.356. The molecular weight excluding hydrogens is 337 g/mol. The number of allylic oxidation sites excluding steroid dienone is 3. The minimum atomic E-state index is -0.932. The van der Waals surface area contributed by atoms with Gasteiger partial charge < -0.3 is 15.0 Å². The largest absolute Gasteiger partial charge is 0.491 e. The van der Waals surface area contributed by atoms with Crippen molar-refractivity contribution in [1.29, 1.82) is 0 Å². The third kappa shape index (κ3) is 9.78. The molecule has 0 fully saturated rings. The number of carbonyl (C=O) groups excluding carboxylic acids is 1. The lowest BCUT2D eigenvalue weighted by Gasteiger charge is -2.19. The van der Waals surface area contributed by atoms with Crippen LogP contribution in [0.5, 0.6) is 0 Å². The van der Waals surface area contributed by atoms with Crippen molar-refractivity contribution in [2.45, 2.75) is 41.0 Å². The first kappa shape index (κ1) is 26.9. The maximum atomic E-state index is 12.0. The van der Waals surface area contributed by atoms with Crippen molar-refractivity contribution in [2.24, 2.45) is 0 Å². The van der Waals surface area contributed by atoms with E-state index in [1.165, 1.54) is 12.2 Å². The van der Waals surface area contributed by atoms with E-state index in [0.717, 1.165) is 12.0 Å². The summed E-state index contributed by atoms with van der Waals surface area (Å²) in [5.74, 6) is -0.272. The van der Waals surface area contributed by atoms with Crippen LogP contribution in [-0.4, -0.2) is 24.7 Å². The molecule has 1 aromatic carbocycles. The molecule has 148 valence electrons. The number of hydrogen-bond donors (Lipinski definition) is 2. The van der Waals surface area contributed by atoms with Crippen LogP contribution in [0, 0.1) is 0 Å². The smallest absolute Gasteiger partial charge is 0.423 e. The Hall–Kier alpha value is -2.37. The summed E-state index contributed by atoms with van der Waals surface area (Å²) >= 11 is 0. The van der Waals surface area contributed by atoms with Gasteiger partial charge in [0.15, 0.2) is 0 Å². The topological polar surface area (TPSA) is 58.6 Å². The fraction of sp³-hybridized carbons (Fsp3) is 0.318. The summed E-state index contributed by atoms with van der Waals surface area (Å²) in [6.45, 7) is 20.9. The molecule has 1 aliphatic rings. The van der Waals surface area contributed by atoms with Gasteiger partial charge in [0.05, 0.1) is 0 Å².